The average Bonchev–Trinajstić information content (AvgIpc) is 2.95. The molecule has 0 bridgehead atoms. The molecule has 7 rings (SSSR count). The number of hydrogen-bond donors (Lipinski definition) is 2. The van der Waals surface area contributed by atoms with E-state index < -0.39 is 0 Å². The Morgan fingerprint density at radius 3 is 1.75 bits per heavy atom. The summed E-state index contributed by atoms with van der Waals surface area (Å²) in [6.07, 6.45) is 0. The fourth-order valence-corrected chi connectivity index (χ4v) is 7.73. The highest BCUT2D eigenvalue weighted by molar-refractivity contribution is 8.05. The van der Waals surface area contributed by atoms with Crippen LogP contribution in [0.1, 0.15) is 5.56 Å². The summed E-state index contributed by atoms with van der Waals surface area (Å²) < 4.78 is 0. The number of nitrogens with one attached hydrogen (secondary N) is 2. The highest BCUT2D eigenvalue weighted by atomic mass is 32.2. The van der Waals surface area contributed by atoms with Crippen molar-refractivity contribution in [3.05, 3.63) is 78.4 Å². The summed E-state index contributed by atoms with van der Waals surface area (Å²) in [5.74, 6) is 2.19. The van der Waals surface area contributed by atoms with Crippen LogP contribution in [-0.4, -0.2) is 28.5 Å². The minimum atomic E-state index is 0.937. The maximum Gasteiger partial charge on any atom is 0.114 e. The summed E-state index contributed by atoms with van der Waals surface area (Å²) in [6.45, 7) is 2.20. The molecule has 4 nitrogen and oxygen atoms in total. The van der Waals surface area contributed by atoms with E-state index >= 15 is 0 Å². The van der Waals surface area contributed by atoms with Crippen LogP contribution in [0.25, 0.3) is 43.6 Å². The van der Waals surface area contributed by atoms with Crippen molar-refractivity contribution in [2.24, 2.45) is 0 Å². The zero-order valence-electron chi connectivity index (χ0n) is 20.1. The van der Waals surface area contributed by atoms with Gasteiger partial charge in [0.15, 0.2) is 0 Å². The van der Waals surface area contributed by atoms with Gasteiger partial charge in [0.05, 0.1) is 22.2 Å². The van der Waals surface area contributed by atoms with E-state index in [2.05, 4.69) is 90.4 Å². The van der Waals surface area contributed by atoms with Crippen molar-refractivity contribution in [2.45, 2.75) is 16.7 Å². The van der Waals surface area contributed by atoms with Crippen molar-refractivity contribution in [3.63, 3.8) is 0 Å². The van der Waals surface area contributed by atoms with Crippen molar-refractivity contribution in [3.8, 4) is 0 Å². The molecule has 0 unspecified atom stereocenters. The molecule has 0 fully saturated rings. The van der Waals surface area contributed by atoms with Crippen LogP contribution in [0.2, 0.25) is 0 Å². The molecule has 5 aromatic carbocycles. The third-order valence-electron chi connectivity index (χ3n) is 6.94. The molecule has 0 amide bonds. The Hall–Kier alpha value is -3.48. The lowest BCUT2D eigenvalue weighted by Crippen LogP contribution is -2.05. The Bertz CT molecular complexity index is 1810. The molecule has 0 saturated heterocycles. The van der Waals surface area contributed by atoms with E-state index in [0.717, 1.165) is 61.4 Å². The van der Waals surface area contributed by atoms with Gasteiger partial charge in [0.2, 0.25) is 0 Å². The monoisotopic (exact) mass is 504 g/mol. The Balaban J connectivity index is 1.60. The zero-order chi connectivity index (χ0) is 24.2. The Kier molecular flexibility index (Phi) is 5.19. The predicted octanol–water partition coefficient (Wildman–Crippen LogP) is 8.38. The lowest BCUT2D eigenvalue weighted by Gasteiger charge is -2.24. The third kappa shape index (κ3) is 3.32. The van der Waals surface area contributed by atoms with Crippen LogP contribution in [0.3, 0.4) is 0 Å². The summed E-state index contributed by atoms with van der Waals surface area (Å²) >= 11 is 3.85. The molecule has 0 saturated carbocycles. The SMILES string of the molecule is CNc1ccc(Nc2c3c(c(C)c4nc5c6ccccc6c6ccccc6c5nc24)SCCS3)cc1. The Morgan fingerprint density at radius 2 is 1.14 bits per heavy atom. The Labute approximate surface area is 217 Å². The molecule has 2 N–H and O–H groups in total. The van der Waals surface area contributed by atoms with Crippen LogP contribution in [0.4, 0.5) is 17.1 Å². The molecule has 1 aromatic heterocycles. The largest absolute Gasteiger partial charge is 0.388 e. The van der Waals surface area contributed by atoms with E-state index in [-0.39, 0.29) is 0 Å². The van der Waals surface area contributed by atoms with Gasteiger partial charge in [-0.15, -0.1) is 23.5 Å². The molecular weight excluding hydrogens is 480 g/mol. The zero-order valence-corrected chi connectivity index (χ0v) is 21.7. The summed E-state index contributed by atoms with van der Waals surface area (Å²) in [4.78, 5) is 13.4. The van der Waals surface area contributed by atoms with Gasteiger partial charge in [0.1, 0.15) is 5.52 Å². The minimum Gasteiger partial charge on any atom is -0.388 e. The minimum absolute atomic E-state index is 0.937. The highest BCUT2D eigenvalue weighted by Crippen LogP contribution is 2.48. The first-order valence-electron chi connectivity index (χ1n) is 12.1. The number of thioether (sulfide) groups is 2. The first-order chi connectivity index (χ1) is 17.7. The molecule has 176 valence electrons. The van der Waals surface area contributed by atoms with Gasteiger partial charge >= 0.3 is 0 Å². The summed E-state index contributed by atoms with van der Waals surface area (Å²) in [7, 11) is 1.94. The normalized spacial score (nSPS) is 13.4. The molecule has 1 aliphatic heterocycles. The lowest BCUT2D eigenvalue weighted by molar-refractivity contribution is 1.16. The van der Waals surface area contributed by atoms with E-state index in [9.17, 15) is 0 Å². The maximum atomic E-state index is 5.39. The average molecular weight is 505 g/mol. The number of aromatic nitrogens is 2. The van der Waals surface area contributed by atoms with Gasteiger partial charge < -0.3 is 10.6 Å². The molecule has 6 aromatic rings. The van der Waals surface area contributed by atoms with Crippen LogP contribution in [0.5, 0.6) is 0 Å². The molecule has 1 aliphatic rings. The van der Waals surface area contributed by atoms with Crippen molar-refractivity contribution < 1.29 is 0 Å². The van der Waals surface area contributed by atoms with Crippen LogP contribution in [0.15, 0.2) is 82.6 Å². The van der Waals surface area contributed by atoms with Crippen LogP contribution in [-0.2, 0) is 0 Å². The molecule has 0 atom stereocenters. The van der Waals surface area contributed by atoms with Crippen molar-refractivity contribution in [1.29, 1.82) is 0 Å². The molecule has 0 aliphatic carbocycles. The van der Waals surface area contributed by atoms with Crippen molar-refractivity contribution in [1.82, 2.24) is 9.97 Å². The van der Waals surface area contributed by atoms with Gasteiger partial charge in [0, 0.05) is 50.5 Å². The Morgan fingerprint density at radius 1 is 0.611 bits per heavy atom. The number of benzene rings is 5. The number of rotatable bonds is 3. The molecule has 0 radical (unpaired) electrons. The van der Waals surface area contributed by atoms with Crippen LogP contribution in [0, 0.1) is 6.92 Å². The molecule has 6 heteroatoms. The molecule has 2 heterocycles. The lowest BCUT2D eigenvalue weighted by atomic mass is 9.99. The number of nitrogens with zero attached hydrogens (tertiary/aromatic N) is 2. The first-order valence-corrected chi connectivity index (χ1v) is 14.1. The van der Waals surface area contributed by atoms with Crippen LogP contribution < -0.4 is 10.6 Å². The highest BCUT2D eigenvalue weighted by Gasteiger charge is 2.24. The standard InChI is InChI=1S/C30H24N4S2/c1-17-24-27(28(30-29(17)35-15-16-36-30)32-19-13-11-18(31-2)12-14-19)34-26-23-10-6-4-8-21(23)20-7-3-5-9-22(20)25(26)33-24/h3-14,31-32H,15-16H2,1-2H3. The van der Waals surface area contributed by atoms with Crippen molar-refractivity contribution >= 4 is 84.2 Å². The van der Waals surface area contributed by atoms with E-state index in [1.165, 1.54) is 26.1 Å². The molecule has 0 spiro atoms. The first kappa shape index (κ1) is 21.8. The fourth-order valence-electron chi connectivity index (χ4n) is 5.17. The van der Waals surface area contributed by atoms with Gasteiger partial charge in [0.25, 0.3) is 0 Å². The van der Waals surface area contributed by atoms with Gasteiger partial charge in [-0.2, -0.15) is 0 Å². The number of fused-ring (bicyclic) bond motifs is 8. The van der Waals surface area contributed by atoms with Gasteiger partial charge in [-0.25, -0.2) is 9.97 Å². The fraction of sp³-hybridized carbons (Fsp3) is 0.133. The van der Waals surface area contributed by atoms with E-state index in [1.54, 1.807) is 0 Å². The van der Waals surface area contributed by atoms with E-state index in [0.29, 0.717) is 0 Å². The summed E-state index contributed by atoms with van der Waals surface area (Å²) in [5.41, 5.74) is 8.26. The number of aryl methyl sites for hydroxylation is 1. The smallest absolute Gasteiger partial charge is 0.114 e. The van der Waals surface area contributed by atoms with E-state index in [4.69, 9.17) is 9.97 Å². The second kappa shape index (κ2) is 8.57. The van der Waals surface area contributed by atoms with Crippen LogP contribution >= 0.6 is 23.5 Å². The van der Waals surface area contributed by atoms with E-state index in [1.807, 2.05) is 30.6 Å². The third-order valence-corrected chi connectivity index (χ3v) is 9.64. The van der Waals surface area contributed by atoms with Gasteiger partial charge in [-0.1, -0.05) is 48.5 Å². The van der Waals surface area contributed by atoms with Crippen molar-refractivity contribution in [2.75, 3.05) is 29.2 Å². The second-order valence-electron chi connectivity index (χ2n) is 9.02. The number of anilines is 3. The number of hydrogen-bond acceptors (Lipinski definition) is 6. The summed E-state index contributed by atoms with van der Waals surface area (Å²) in [5, 5.41) is 11.7. The quantitative estimate of drug-likeness (QED) is 0.186. The predicted molar refractivity (Wildman–Crippen MR) is 158 cm³/mol. The molecular formula is C30H24N4S2. The molecule has 36 heavy (non-hydrogen) atoms. The topological polar surface area (TPSA) is 49.8 Å². The summed E-state index contributed by atoms with van der Waals surface area (Å²) in [6, 6.07) is 25.5. The van der Waals surface area contributed by atoms with Gasteiger partial charge in [-0.05, 0) is 47.5 Å². The maximum absolute atomic E-state index is 5.39. The van der Waals surface area contributed by atoms with Gasteiger partial charge in [-0.3, -0.25) is 0 Å². The second-order valence-corrected chi connectivity index (χ2v) is 11.2.